The van der Waals surface area contributed by atoms with Gasteiger partial charge in [-0.05, 0) is 23.6 Å². The predicted molar refractivity (Wildman–Crippen MR) is 82.0 cm³/mol. The lowest BCUT2D eigenvalue weighted by Gasteiger charge is -2.02. The van der Waals surface area contributed by atoms with Gasteiger partial charge in [-0.1, -0.05) is 6.07 Å². The Kier molecular flexibility index (Phi) is 3.85. The Bertz CT molecular complexity index is 692. The summed E-state index contributed by atoms with van der Waals surface area (Å²) in [4.78, 5) is 21.4. The highest BCUT2D eigenvalue weighted by molar-refractivity contribution is 7.20. The van der Waals surface area contributed by atoms with Crippen molar-refractivity contribution in [1.29, 1.82) is 0 Å². The molecule has 0 aliphatic rings. The molecular formula is C14H11N3OS2. The topological polar surface area (TPSA) is 54.9 Å². The molecule has 0 aliphatic heterocycles. The third-order valence-electron chi connectivity index (χ3n) is 2.59. The van der Waals surface area contributed by atoms with Crippen molar-refractivity contribution in [3.8, 4) is 9.88 Å². The van der Waals surface area contributed by atoms with E-state index in [2.05, 4.69) is 15.3 Å². The molecule has 4 nitrogen and oxygen atoms in total. The maximum Gasteiger partial charge on any atom is 0.230 e. The Labute approximate surface area is 124 Å². The van der Waals surface area contributed by atoms with Gasteiger partial charge < -0.3 is 5.32 Å². The van der Waals surface area contributed by atoms with Crippen LogP contribution in [0.1, 0.15) is 5.69 Å². The quantitative estimate of drug-likeness (QED) is 0.803. The molecule has 0 saturated carbocycles. The van der Waals surface area contributed by atoms with Gasteiger partial charge in [0.05, 0.1) is 17.0 Å². The average molecular weight is 301 g/mol. The number of hydrogen-bond acceptors (Lipinski definition) is 5. The third-order valence-corrected chi connectivity index (χ3v) is 4.52. The van der Waals surface area contributed by atoms with E-state index in [1.807, 2.05) is 22.9 Å². The highest BCUT2D eigenvalue weighted by Gasteiger charge is 2.09. The number of pyridine rings is 1. The monoisotopic (exact) mass is 301 g/mol. The number of amides is 1. The molecule has 0 radical (unpaired) electrons. The fraction of sp³-hybridized carbons (Fsp3) is 0.0714. The van der Waals surface area contributed by atoms with Crippen molar-refractivity contribution in [2.45, 2.75) is 6.42 Å². The minimum absolute atomic E-state index is 0.0702. The number of nitrogens with one attached hydrogen (secondary N) is 1. The van der Waals surface area contributed by atoms with Gasteiger partial charge in [0.2, 0.25) is 5.91 Å². The summed E-state index contributed by atoms with van der Waals surface area (Å²) in [5.74, 6) is -0.0702. The number of rotatable bonds is 4. The van der Waals surface area contributed by atoms with E-state index in [0.29, 0.717) is 0 Å². The second-order valence-corrected chi connectivity index (χ2v) is 5.89. The SMILES string of the molecule is O=C(Cc1csc(-c2cccs2)n1)Nc1ccncc1. The molecule has 0 fully saturated rings. The van der Waals surface area contributed by atoms with E-state index in [1.54, 1.807) is 47.2 Å². The molecule has 6 heteroatoms. The van der Waals surface area contributed by atoms with Crippen molar-refractivity contribution < 1.29 is 4.79 Å². The van der Waals surface area contributed by atoms with Gasteiger partial charge in [-0.25, -0.2) is 4.98 Å². The second kappa shape index (κ2) is 5.94. The number of nitrogens with zero attached hydrogens (tertiary/aromatic N) is 2. The van der Waals surface area contributed by atoms with Gasteiger partial charge in [-0.15, -0.1) is 22.7 Å². The lowest BCUT2D eigenvalue weighted by molar-refractivity contribution is -0.115. The number of thiophene rings is 1. The number of carbonyl (C=O) groups is 1. The number of hydrogen-bond donors (Lipinski definition) is 1. The molecule has 3 rings (SSSR count). The van der Waals surface area contributed by atoms with Crippen molar-refractivity contribution in [3.63, 3.8) is 0 Å². The van der Waals surface area contributed by atoms with Crippen LogP contribution in [-0.2, 0) is 11.2 Å². The summed E-state index contributed by atoms with van der Waals surface area (Å²) in [7, 11) is 0. The minimum Gasteiger partial charge on any atom is -0.326 e. The van der Waals surface area contributed by atoms with Crippen LogP contribution in [0.5, 0.6) is 0 Å². The Morgan fingerprint density at radius 1 is 1.20 bits per heavy atom. The van der Waals surface area contributed by atoms with E-state index in [9.17, 15) is 4.79 Å². The molecule has 0 atom stereocenters. The first-order valence-corrected chi connectivity index (χ1v) is 7.75. The highest BCUT2D eigenvalue weighted by atomic mass is 32.1. The Balaban J connectivity index is 1.65. The summed E-state index contributed by atoms with van der Waals surface area (Å²) in [5.41, 5.74) is 1.55. The van der Waals surface area contributed by atoms with E-state index in [1.165, 1.54) is 0 Å². The number of aromatic nitrogens is 2. The molecule has 3 aromatic heterocycles. The van der Waals surface area contributed by atoms with Crippen LogP contribution in [0, 0.1) is 0 Å². The van der Waals surface area contributed by atoms with Gasteiger partial charge in [-0.3, -0.25) is 9.78 Å². The van der Waals surface area contributed by atoms with Crippen LogP contribution in [0.2, 0.25) is 0 Å². The van der Waals surface area contributed by atoms with Crippen molar-refractivity contribution >= 4 is 34.3 Å². The number of thiazole rings is 1. The molecule has 0 aromatic carbocycles. The van der Waals surface area contributed by atoms with E-state index < -0.39 is 0 Å². The summed E-state index contributed by atoms with van der Waals surface area (Å²) in [6.45, 7) is 0. The van der Waals surface area contributed by atoms with Gasteiger partial charge in [0.25, 0.3) is 0 Å². The zero-order valence-electron chi connectivity index (χ0n) is 10.4. The van der Waals surface area contributed by atoms with Crippen molar-refractivity contribution in [1.82, 2.24) is 9.97 Å². The molecule has 3 aromatic rings. The lowest BCUT2D eigenvalue weighted by Crippen LogP contribution is -2.14. The zero-order valence-corrected chi connectivity index (χ0v) is 12.1. The van der Waals surface area contributed by atoms with Gasteiger partial charge in [0.1, 0.15) is 5.01 Å². The molecule has 3 heterocycles. The maximum atomic E-state index is 11.9. The Morgan fingerprint density at radius 2 is 2.05 bits per heavy atom. The van der Waals surface area contributed by atoms with Crippen LogP contribution in [0.25, 0.3) is 9.88 Å². The largest absolute Gasteiger partial charge is 0.326 e. The summed E-state index contributed by atoms with van der Waals surface area (Å²) in [5, 5.41) is 7.74. The fourth-order valence-corrected chi connectivity index (χ4v) is 3.34. The summed E-state index contributed by atoms with van der Waals surface area (Å²) >= 11 is 3.22. The molecule has 0 spiro atoms. The zero-order chi connectivity index (χ0) is 13.8. The molecule has 0 bridgehead atoms. The van der Waals surface area contributed by atoms with E-state index >= 15 is 0 Å². The predicted octanol–water partition coefficient (Wildman–Crippen LogP) is 3.45. The highest BCUT2D eigenvalue weighted by Crippen LogP contribution is 2.27. The Hall–Kier alpha value is -2.05. The molecule has 100 valence electrons. The van der Waals surface area contributed by atoms with Crippen LogP contribution in [-0.4, -0.2) is 15.9 Å². The molecule has 0 unspecified atom stereocenters. The molecule has 0 saturated heterocycles. The minimum atomic E-state index is -0.0702. The van der Waals surface area contributed by atoms with Gasteiger partial charge >= 0.3 is 0 Å². The standard InChI is InChI=1S/C14H11N3OS2/c18-13(16-10-3-5-15-6-4-10)8-11-9-20-14(17-11)12-2-1-7-19-12/h1-7,9H,8H2,(H,15,16,18). The fourth-order valence-electron chi connectivity index (χ4n) is 1.71. The smallest absolute Gasteiger partial charge is 0.230 e. The maximum absolute atomic E-state index is 11.9. The van der Waals surface area contributed by atoms with Crippen molar-refractivity contribution in [2.24, 2.45) is 0 Å². The molecule has 0 aliphatic carbocycles. The van der Waals surface area contributed by atoms with Gasteiger partial charge in [0, 0.05) is 23.5 Å². The molecule has 1 N–H and O–H groups in total. The van der Waals surface area contributed by atoms with Crippen LogP contribution < -0.4 is 5.32 Å². The first-order chi connectivity index (χ1) is 9.81. The average Bonchev–Trinajstić information content (AvgIpc) is 3.10. The summed E-state index contributed by atoms with van der Waals surface area (Å²) in [6.07, 6.45) is 3.57. The second-order valence-electron chi connectivity index (χ2n) is 4.08. The number of anilines is 1. The molecule has 1 amide bonds. The van der Waals surface area contributed by atoms with Crippen LogP contribution in [0.15, 0.2) is 47.4 Å². The van der Waals surface area contributed by atoms with Crippen LogP contribution in [0.3, 0.4) is 0 Å². The molecule has 20 heavy (non-hydrogen) atoms. The third kappa shape index (κ3) is 3.09. The van der Waals surface area contributed by atoms with Gasteiger partial charge in [0.15, 0.2) is 0 Å². The van der Waals surface area contributed by atoms with E-state index in [0.717, 1.165) is 21.3 Å². The normalized spacial score (nSPS) is 10.4. The lowest BCUT2D eigenvalue weighted by atomic mass is 10.3. The molecular weight excluding hydrogens is 290 g/mol. The summed E-state index contributed by atoms with van der Waals surface area (Å²) < 4.78 is 0. The van der Waals surface area contributed by atoms with Crippen molar-refractivity contribution in [3.05, 3.63) is 53.1 Å². The van der Waals surface area contributed by atoms with Crippen molar-refractivity contribution in [2.75, 3.05) is 5.32 Å². The van der Waals surface area contributed by atoms with Crippen LogP contribution >= 0.6 is 22.7 Å². The van der Waals surface area contributed by atoms with Crippen LogP contribution in [0.4, 0.5) is 5.69 Å². The first-order valence-electron chi connectivity index (χ1n) is 5.99. The van der Waals surface area contributed by atoms with Gasteiger partial charge in [-0.2, -0.15) is 0 Å². The van der Waals surface area contributed by atoms with E-state index in [-0.39, 0.29) is 12.3 Å². The van der Waals surface area contributed by atoms with E-state index in [4.69, 9.17) is 0 Å². The summed E-state index contributed by atoms with van der Waals surface area (Å²) in [6, 6.07) is 7.55. The Morgan fingerprint density at radius 3 is 2.80 bits per heavy atom. The number of carbonyl (C=O) groups excluding carboxylic acids is 1. The first kappa shape index (κ1) is 13.0.